The molecule has 1 aliphatic rings. The third-order valence-corrected chi connectivity index (χ3v) is 2.17. The average Bonchev–Trinajstić information content (AvgIpc) is 2.46. The fraction of sp³-hybridized carbons (Fsp3) is 0.714. The minimum atomic E-state index is -4.62. The van der Waals surface area contributed by atoms with Gasteiger partial charge in [-0.3, -0.25) is 0 Å². The number of aromatic nitrogens is 3. The standard InChI is InChI=1S/C7H8F4N4/c8-3-1-4(12)5-13-6(7(9,10)11)14-15(5)2-3/h3-4H,1-2,12H2. The van der Waals surface area contributed by atoms with Crippen LogP contribution in [0.25, 0.3) is 0 Å². The van der Waals surface area contributed by atoms with Crippen molar-refractivity contribution in [2.45, 2.75) is 31.4 Å². The largest absolute Gasteiger partial charge is 0.453 e. The van der Waals surface area contributed by atoms with Gasteiger partial charge in [0.25, 0.3) is 5.82 Å². The van der Waals surface area contributed by atoms with E-state index in [2.05, 4.69) is 10.1 Å². The van der Waals surface area contributed by atoms with Crippen LogP contribution >= 0.6 is 0 Å². The molecular weight excluding hydrogens is 216 g/mol. The Bertz CT molecular complexity index is 372. The van der Waals surface area contributed by atoms with Gasteiger partial charge in [-0.05, 0) is 0 Å². The predicted octanol–water partition coefficient (Wildman–Crippen LogP) is 1.04. The molecule has 84 valence electrons. The molecule has 2 N–H and O–H groups in total. The van der Waals surface area contributed by atoms with Gasteiger partial charge in [-0.1, -0.05) is 0 Å². The summed E-state index contributed by atoms with van der Waals surface area (Å²) in [4.78, 5) is 3.27. The molecule has 0 amide bonds. The molecule has 0 saturated carbocycles. The molecule has 8 heteroatoms. The second-order valence-corrected chi connectivity index (χ2v) is 3.41. The molecule has 2 atom stereocenters. The van der Waals surface area contributed by atoms with Crippen LogP contribution in [0, 0.1) is 0 Å². The molecule has 0 radical (unpaired) electrons. The molecule has 0 aliphatic carbocycles. The number of halogens is 4. The van der Waals surface area contributed by atoms with E-state index in [4.69, 9.17) is 5.73 Å². The van der Waals surface area contributed by atoms with Crippen molar-refractivity contribution < 1.29 is 17.6 Å². The van der Waals surface area contributed by atoms with E-state index in [1.807, 2.05) is 0 Å². The number of hydrogen-bond acceptors (Lipinski definition) is 3. The van der Waals surface area contributed by atoms with Crippen LogP contribution < -0.4 is 5.73 Å². The molecule has 0 fully saturated rings. The first-order valence-corrected chi connectivity index (χ1v) is 4.29. The van der Waals surface area contributed by atoms with Crippen molar-refractivity contribution in [2.24, 2.45) is 5.73 Å². The molecule has 0 spiro atoms. The maximum absolute atomic E-state index is 13.0. The minimum Gasteiger partial charge on any atom is -0.321 e. The summed E-state index contributed by atoms with van der Waals surface area (Å²) in [7, 11) is 0. The molecule has 2 heterocycles. The average molecular weight is 224 g/mol. The molecule has 2 rings (SSSR count). The maximum Gasteiger partial charge on any atom is 0.453 e. The summed E-state index contributed by atoms with van der Waals surface area (Å²) >= 11 is 0. The number of nitrogens with zero attached hydrogens (tertiary/aromatic N) is 3. The zero-order chi connectivity index (χ0) is 11.2. The quantitative estimate of drug-likeness (QED) is 0.670. The monoisotopic (exact) mass is 224 g/mol. The molecule has 0 bridgehead atoms. The SMILES string of the molecule is NC1CC(F)Cn2nc(C(F)(F)F)nc21. The third-order valence-electron chi connectivity index (χ3n) is 2.17. The zero-order valence-corrected chi connectivity index (χ0v) is 7.50. The minimum absolute atomic E-state index is 0.00350. The van der Waals surface area contributed by atoms with Crippen LogP contribution in [0.15, 0.2) is 0 Å². The molecule has 1 aromatic rings. The van der Waals surface area contributed by atoms with E-state index in [1.54, 1.807) is 0 Å². The Hall–Kier alpha value is -1.18. The summed E-state index contributed by atoms with van der Waals surface area (Å²) in [6.07, 6.45) is -5.90. The fourth-order valence-corrected chi connectivity index (χ4v) is 1.53. The summed E-state index contributed by atoms with van der Waals surface area (Å²) in [5.41, 5.74) is 5.46. The van der Waals surface area contributed by atoms with Crippen molar-refractivity contribution in [3.8, 4) is 0 Å². The second kappa shape index (κ2) is 3.16. The lowest BCUT2D eigenvalue weighted by atomic mass is 10.1. The van der Waals surface area contributed by atoms with Crippen molar-refractivity contribution in [1.82, 2.24) is 14.8 Å². The number of fused-ring (bicyclic) bond motifs is 1. The Kier molecular flexibility index (Phi) is 2.18. The van der Waals surface area contributed by atoms with Crippen LogP contribution in [-0.4, -0.2) is 20.9 Å². The first-order chi connectivity index (χ1) is 6.88. The van der Waals surface area contributed by atoms with Crippen molar-refractivity contribution >= 4 is 0 Å². The van der Waals surface area contributed by atoms with Crippen LogP contribution in [0.3, 0.4) is 0 Å². The number of alkyl halides is 4. The Morgan fingerprint density at radius 3 is 2.67 bits per heavy atom. The van der Waals surface area contributed by atoms with E-state index in [-0.39, 0.29) is 18.8 Å². The van der Waals surface area contributed by atoms with Crippen LogP contribution in [0.5, 0.6) is 0 Å². The molecule has 0 saturated heterocycles. The van der Waals surface area contributed by atoms with E-state index in [9.17, 15) is 17.6 Å². The van der Waals surface area contributed by atoms with Crippen molar-refractivity contribution in [1.29, 1.82) is 0 Å². The van der Waals surface area contributed by atoms with Gasteiger partial charge in [0.2, 0.25) is 0 Å². The number of hydrogen-bond donors (Lipinski definition) is 1. The van der Waals surface area contributed by atoms with Crippen LogP contribution in [0.4, 0.5) is 17.6 Å². The Morgan fingerprint density at radius 2 is 2.07 bits per heavy atom. The number of nitrogens with two attached hydrogens (primary N) is 1. The van der Waals surface area contributed by atoms with Gasteiger partial charge in [-0.25, -0.2) is 14.1 Å². The van der Waals surface area contributed by atoms with E-state index < -0.39 is 24.2 Å². The first kappa shape index (κ1) is 10.3. The second-order valence-electron chi connectivity index (χ2n) is 3.41. The lowest BCUT2D eigenvalue weighted by Crippen LogP contribution is -2.30. The molecule has 4 nitrogen and oxygen atoms in total. The van der Waals surface area contributed by atoms with Gasteiger partial charge < -0.3 is 5.73 Å². The molecule has 15 heavy (non-hydrogen) atoms. The van der Waals surface area contributed by atoms with E-state index in [0.29, 0.717) is 0 Å². The highest BCUT2D eigenvalue weighted by atomic mass is 19.4. The van der Waals surface area contributed by atoms with Gasteiger partial charge in [0.05, 0.1) is 12.6 Å². The fourth-order valence-electron chi connectivity index (χ4n) is 1.53. The predicted molar refractivity (Wildman–Crippen MR) is 41.5 cm³/mol. The normalized spacial score (nSPS) is 26.5. The van der Waals surface area contributed by atoms with Gasteiger partial charge in [0.1, 0.15) is 12.0 Å². The zero-order valence-electron chi connectivity index (χ0n) is 7.50. The summed E-state index contributed by atoms with van der Waals surface area (Å²) in [5, 5.41) is 3.18. The first-order valence-electron chi connectivity index (χ1n) is 4.29. The van der Waals surface area contributed by atoms with Crippen LogP contribution in [-0.2, 0) is 12.7 Å². The molecule has 2 unspecified atom stereocenters. The van der Waals surface area contributed by atoms with Crippen LogP contribution in [0.2, 0.25) is 0 Å². The van der Waals surface area contributed by atoms with Crippen molar-refractivity contribution in [3.63, 3.8) is 0 Å². The van der Waals surface area contributed by atoms with Gasteiger partial charge in [-0.15, -0.1) is 5.10 Å². The van der Waals surface area contributed by atoms with E-state index >= 15 is 0 Å². The summed E-state index contributed by atoms with van der Waals surface area (Å²) in [5.74, 6) is -1.27. The highest BCUT2D eigenvalue weighted by molar-refractivity contribution is 5.04. The highest BCUT2D eigenvalue weighted by Gasteiger charge is 2.39. The summed E-state index contributed by atoms with van der Waals surface area (Å²) in [6.45, 7) is -0.216. The van der Waals surface area contributed by atoms with E-state index in [0.717, 1.165) is 4.68 Å². The Balaban J connectivity index is 2.39. The van der Waals surface area contributed by atoms with Gasteiger partial charge in [-0.2, -0.15) is 13.2 Å². The van der Waals surface area contributed by atoms with E-state index in [1.165, 1.54) is 0 Å². The molecule has 1 aliphatic heterocycles. The van der Waals surface area contributed by atoms with Gasteiger partial charge >= 0.3 is 6.18 Å². The highest BCUT2D eigenvalue weighted by Crippen LogP contribution is 2.30. The molecule has 1 aromatic heterocycles. The van der Waals surface area contributed by atoms with Crippen molar-refractivity contribution in [3.05, 3.63) is 11.6 Å². The Labute approximate surface area is 82.1 Å². The van der Waals surface area contributed by atoms with Crippen molar-refractivity contribution in [2.75, 3.05) is 0 Å². The lowest BCUT2D eigenvalue weighted by Gasteiger charge is -2.21. The summed E-state index contributed by atoms with van der Waals surface area (Å²) in [6, 6.07) is -0.822. The van der Waals surface area contributed by atoms with Gasteiger partial charge in [0, 0.05) is 6.42 Å². The smallest absolute Gasteiger partial charge is 0.321 e. The number of rotatable bonds is 0. The third kappa shape index (κ3) is 1.81. The summed E-state index contributed by atoms with van der Waals surface area (Å²) < 4.78 is 50.5. The lowest BCUT2D eigenvalue weighted by molar-refractivity contribution is -0.145. The van der Waals surface area contributed by atoms with Gasteiger partial charge in [0.15, 0.2) is 0 Å². The Morgan fingerprint density at radius 1 is 1.40 bits per heavy atom. The topological polar surface area (TPSA) is 56.7 Å². The maximum atomic E-state index is 13.0. The van der Waals surface area contributed by atoms with Crippen LogP contribution in [0.1, 0.15) is 24.1 Å². The molecular formula is C7H8F4N4. The molecule has 0 aromatic carbocycles.